The van der Waals surface area contributed by atoms with E-state index in [-0.39, 0.29) is 6.79 Å². The first-order chi connectivity index (χ1) is 13.7. The topological polar surface area (TPSA) is 54.4 Å². The van der Waals surface area contributed by atoms with E-state index in [0.717, 1.165) is 49.8 Å². The minimum atomic E-state index is -0.533. The van der Waals surface area contributed by atoms with Crippen molar-refractivity contribution in [1.82, 2.24) is 9.80 Å². The van der Waals surface area contributed by atoms with Gasteiger partial charge in [-0.2, -0.15) is 0 Å². The molecule has 0 spiro atoms. The number of hydrogen-bond donors (Lipinski definition) is 1. The fourth-order valence-electron chi connectivity index (χ4n) is 3.49. The van der Waals surface area contributed by atoms with Crippen molar-refractivity contribution in [2.24, 2.45) is 0 Å². The van der Waals surface area contributed by atoms with Crippen LogP contribution in [-0.4, -0.2) is 67.6 Å². The first kappa shape index (κ1) is 19.3. The lowest BCUT2D eigenvalue weighted by molar-refractivity contribution is 0.0675. The van der Waals surface area contributed by atoms with Gasteiger partial charge in [-0.25, -0.2) is 0 Å². The zero-order valence-electron chi connectivity index (χ0n) is 15.7. The van der Waals surface area contributed by atoms with Crippen molar-refractivity contribution >= 4 is 11.6 Å². The molecule has 2 heterocycles. The van der Waals surface area contributed by atoms with Crippen LogP contribution in [0.5, 0.6) is 17.2 Å². The molecule has 1 atom stereocenters. The number of β-amino-alcohol motifs (C(OH)–C–C–N with tert-alkyl or cyclic N) is 1. The Morgan fingerprint density at radius 2 is 1.68 bits per heavy atom. The van der Waals surface area contributed by atoms with Crippen molar-refractivity contribution in [2.75, 3.05) is 52.7 Å². The fraction of sp³-hybridized carbons (Fsp3) is 0.429. The summed E-state index contributed by atoms with van der Waals surface area (Å²) in [6.45, 7) is 6.22. The highest BCUT2D eigenvalue weighted by Crippen LogP contribution is 2.34. The predicted molar refractivity (Wildman–Crippen MR) is 107 cm³/mol. The van der Waals surface area contributed by atoms with Crippen LogP contribution < -0.4 is 14.2 Å². The van der Waals surface area contributed by atoms with Gasteiger partial charge in [0.25, 0.3) is 0 Å². The summed E-state index contributed by atoms with van der Waals surface area (Å²) in [5.74, 6) is 2.29. The van der Waals surface area contributed by atoms with Gasteiger partial charge < -0.3 is 19.3 Å². The molecule has 2 aliphatic heterocycles. The zero-order chi connectivity index (χ0) is 19.3. The molecule has 0 aromatic heterocycles. The summed E-state index contributed by atoms with van der Waals surface area (Å²) in [6, 6.07) is 13.1. The molecule has 150 valence electrons. The SMILES string of the molecule is O[C@@H](CN1CCN(CCOc2ccc(Cl)cc2)CC1)c1ccc2c(c1)OCO2. The van der Waals surface area contributed by atoms with Crippen molar-refractivity contribution in [3.05, 3.63) is 53.1 Å². The molecule has 0 aliphatic carbocycles. The zero-order valence-corrected chi connectivity index (χ0v) is 16.5. The van der Waals surface area contributed by atoms with E-state index in [1.807, 2.05) is 42.5 Å². The standard InChI is InChI=1S/C21H25ClN2O4/c22-17-2-4-18(5-3-17)26-12-11-23-7-9-24(10-8-23)14-19(25)16-1-6-20-21(13-16)28-15-27-20/h1-6,13,19,25H,7-12,14-15H2/t19-/m0/s1. The van der Waals surface area contributed by atoms with Gasteiger partial charge in [-0.15, -0.1) is 0 Å². The highest BCUT2D eigenvalue weighted by Gasteiger charge is 2.21. The fourth-order valence-corrected chi connectivity index (χ4v) is 3.62. The molecule has 1 saturated heterocycles. The predicted octanol–water partition coefficient (Wildman–Crippen LogP) is 2.80. The minimum Gasteiger partial charge on any atom is -0.492 e. The van der Waals surface area contributed by atoms with Gasteiger partial charge in [-0.1, -0.05) is 17.7 Å². The minimum absolute atomic E-state index is 0.249. The maximum absolute atomic E-state index is 10.6. The van der Waals surface area contributed by atoms with Crippen molar-refractivity contribution in [2.45, 2.75) is 6.10 Å². The highest BCUT2D eigenvalue weighted by atomic mass is 35.5. The molecule has 6 nitrogen and oxygen atoms in total. The van der Waals surface area contributed by atoms with E-state index in [1.54, 1.807) is 0 Å². The van der Waals surface area contributed by atoms with Crippen LogP contribution in [0.2, 0.25) is 5.02 Å². The van der Waals surface area contributed by atoms with Crippen LogP contribution in [0.3, 0.4) is 0 Å². The number of ether oxygens (including phenoxy) is 3. The van der Waals surface area contributed by atoms with Crippen LogP contribution in [0.25, 0.3) is 0 Å². The quantitative estimate of drug-likeness (QED) is 0.765. The Kier molecular flexibility index (Phi) is 6.22. The number of rotatable bonds is 7. The normalized spacial score (nSPS) is 18.2. The Morgan fingerprint density at radius 1 is 0.964 bits per heavy atom. The second-order valence-corrected chi connectivity index (χ2v) is 7.51. The maximum Gasteiger partial charge on any atom is 0.231 e. The highest BCUT2D eigenvalue weighted by molar-refractivity contribution is 6.30. The summed E-state index contributed by atoms with van der Waals surface area (Å²) >= 11 is 5.88. The average molecular weight is 405 g/mol. The van der Waals surface area contributed by atoms with Crippen LogP contribution >= 0.6 is 11.6 Å². The molecular formula is C21H25ClN2O4. The molecule has 0 bridgehead atoms. The van der Waals surface area contributed by atoms with Gasteiger partial charge >= 0.3 is 0 Å². The van der Waals surface area contributed by atoms with E-state index >= 15 is 0 Å². The maximum atomic E-state index is 10.6. The molecule has 0 amide bonds. The molecule has 7 heteroatoms. The Labute approximate surface area is 170 Å². The molecular weight excluding hydrogens is 380 g/mol. The van der Waals surface area contributed by atoms with Crippen molar-refractivity contribution < 1.29 is 19.3 Å². The molecule has 0 radical (unpaired) electrons. The van der Waals surface area contributed by atoms with Crippen LogP contribution in [0, 0.1) is 0 Å². The van der Waals surface area contributed by atoms with Crippen molar-refractivity contribution in [3.8, 4) is 17.2 Å². The summed E-state index contributed by atoms with van der Waals surface area (Å²) in [6.07, 6.45) is -0.533. The molecule has 1 fully saturated rings. The van der Waals surface area contributed by atoms with Gasteiger partial charge in [0.2, 0.25) is 6.79 Å². The number of nitrogens with zero attached hydrogens (tertiary/aromatic N) is 2. The second kappa shape index (κ2) is 9.01. The van der Waals surface area contributed by atoms with Crippen LogP contribution in [0.4, 0.5) is 0 Å². The first-order valence-electron chi connectivity index (χ1n) is 9.58. The third-order valence-electron chi connectivity index (χ3n) is 5.17. The number of aliphatic hydroxyl groups excluding tert-OH is 1. The smallest absolute Gasteiger partial charge is 0.231 e. The monoisotopic (exact) mass is 404 g/mol. The summed E-state index contributed by atoms with van der Waals surface area (Å²) in [5, 5.41) is 11.3. The molecule has 1 N–H and O–H groups in total. The lowest BCUT2D eigenvalue weighted by Crippen LogP contribution is -2.48. The number of halogens is 1. The number of benzene rings is 2. The summed E-state index contributed by atoms with van der Waals surface area (Å²) in [5.41, 5.74) is 0.864. The van der Waals surface area contributed by atoms with E-state index in [2.05, 4.69) is 9.80 Å². The van der Waals surface area contributed by atoms with E-state index in [4.69, 9.17) is 25.8 Å². The molecule has 2 aromatic rings. The molecule has 2 aromatic carbocycles. The second-order valence-electron chi connectivity index (χ2n) is 7.07. The Balaban J connectivity index is 1.18. The summed E-state index contributed by atoms with van der Waals surface area (Å²) in [7, 11) is 0. The van der Waals surface area contributed by atoms with Gasteiger partial charge in [0.05, 0.1) is 6.10 Å². The summed E-state index contributed by atoms with van der Waals surface area (Å²) in [4.78, 5) is 4.69. The van der Waals surface area contributed by atoms with E-state index < -0.39 is 6.10 Å². The first-order valence-corrected chi connectivity index (χ1v) is 9.96. The number of aliphatic hydroxyl groups is 1. The van der Waals surface area contributed by atoms with Gasteiger partial charge in [-0.05, 0) is 42.0 Å². The van der Waals surface area contributed by atoms with Crippen LogP contribution in [-0.2, 0) is 0 Å². The Morgan fingerprint density at radius 3 is 2.46 bits per heavy atom. The van der Waals surface area contributed by atoms with E-state index in [9.17, 15) is 5.11 Å². The number of fused-ring (bicyclic) bond motifs is 1. The Bertz CT molecular complexity index is 778. The van der Waals surface area contributed by atoms with Gasteiger partial charge in [-0.3, -0.25) is 9.80 Å². The van der Waals surface area contributed by atoms with E-state index in [1.165, 1.54) is 0 Å². The molecule has 0 saturated carbocycles. The number of piperazine rings is 1. The van der Waals surface area contributed by atoms with Gasteiger partial charge in [0.15, 0.2) is 11.5 Å². The third-order valence-corrected chi connectivity index (χ3v) is 5.42. The average Bonchev–Trinajstić information content (AvgIpc) is 3.18. The number of hydrogen-bond acceptors (Lipinski definition) is 6. The lowest BCUT2D eigenvalue weighted by atomic mass is 10.1. The third kappa shape index (κ3) is 4.89. The van der Waals surface area contributed by atoms with Gasteiger partial charge in [0.1, 0.15) is 12.4 Å². The van der Waals surface area contributed by atoms with Crippen LogP contribution in [0.15, 0.2) is 42.5 Å². The molecule has 2 aliphatic rings. The Hall–Kier alpha value is -1.99. The van der Waals surface area contributed by atoms with E-state index in [0.29, 0.717) is 23.9 Å². The van der Waals surface area contributed by atoms with Crippen LogP contribution in [0.1, 0.15) is 11.7 Å². The lowest BCUT2D eigenvalue weighted by Gasteiger charge is -2.35. The summed E-state index contributed by atoms with van der Waals surface area (Å²) < 4.78 is 16.5. The largest absolute Gasteiger partial charge is 0.492 e. The van der Waals surface area contributed by atoms with Gasteiger partial charge in [0, 0.05) is 44.3 Å². The van der Waals surface area contributed by atoms with Crippen molar-refractivity contribution in [1.29, 1.82) is 0 Å². The molecule has 28 heavy (non-hydrogen) atoms. The van der Waals surface area contributed by atoms with Crippen molar-refractivity contribution in [3.63, 3.8) is 0 Å². The molecule has 0 unspecified atom stereocenters. The molecule has 4 rings (SSSR count).